The van der Waals surface area contributed by atoms with Gasteiger partial charge in [0.05, 0.1) is 27.7 Å². The fourth-order valence-corrected chi connectivity index (χ4v) is 5.15. The fourth-order valence-electron chi connectivity index (χ4n) is 4.64. The molecule has 0 bridgehead atoms. The molecule has 2 heterocycles. The van der Waals surface area contributed by atoms with E-state index in [4.69, 9.17) is 23.2 Å². The molecule has 0 saturated carbocycles. The van der Waals surface area contributed by atoms with Crippen molar-refractivity contribution in [3.63, 3.8) is 0 Å². The molecular weight excluding hydrogens is 751 g/mol. The largest absolute Gasteiger partial charge is 0.540 e. The Morgan fingerprint density at radius 1 is 0.604 bits per heavy atom. The highest BCUT2D eigenvalue weighted by molar-refractivity contribution is 7.89. The Hall–Kier alpha value is -5.34. The number of hydrogen-bond donors (Lipinski definition) is 2. The molecule has 11 nitrogen and oxygen atoms in total. The lowest BCUT2D eigenvalue weighted by Gasteiger charge is -2.09. The normalized spacial score (nSPS) is 12.0. The number of alkyl halides is 6. The highest BCUT2D eigenvalue weighted by Gasteiger charge is 2.36. The summed E-state index contributed by atoms with van der Waals surface area (Å²) < 4.78 is 128. The Morgan fingerprint density at radius 3 is 1.26 bits per heavy atom. The van der Waals surface area contributed by atoms with E-state index < -0.39 is 44.1 Å². The third kappa shape index (κ3) is 11.3. The molecule has 0 fully saturated rings. The number of hydrogen-bond acceptors (Lipinski definition) is 6. The monoisotopic (exact) mass is 779 g/mol. The molecule has 53 heavy (non-hydrogen) atoms. The minimum Gasteiger partial charge on any atom is -0.540 e. The zero-order valence-electron chi connectivity index (χ0n) is 27.5. The second-order valence-electron chi connectivity index (χ2n) is 11.2. The van der Waals surface area contributed by atoms with Gasteiger partial charge in [-0.1, -0.05) is 77.9 Å². The molecule has 2 aromatic heterocycles. The maximum absolute atomic E-state index is 13.1. The van der Waals surface area contributed by atoms with Gasteiger partial charge in [-0.15, -0.1) is 0 Å². The molecule has 0 spiro atoms. The van der Waals surface area contributed by atoms with Crippen molar-refractivity contribution in [1.29, 1.82) is 0 Å². The average molecular weight is 780 g/mol. The number of sulfonamides is 1. The summed E-state index contributed by atoms with van der Waals surface area (Å²) in [6.45, 7) is 3.80. The number of primary sulfonamides is 1. The molecule has 4 N–H and O–H groups in total. The van der Waals surface area contributed by atoms with Crippen LogP contribution in [0.1, 0.15) is 22.5 Å². The summed E-state index contributed by atoms with van der Waals surface area (Å²) in [5.41, 5.74) is 2.84. The van der Waals surface area contributed by atoms with Crippen molar-refractivity contribution >= 4 is 20.3 Å². The summed E-state index contributed by atoms with van der Waals surface area (Å²) in [6, 6.07) is 30.3. The molecular formula is C34H29F6N6O5S2-. The predicted molar refractivity (Wildman–Crippen MR) is 185 cm³/mol. The van der Waals surface area contributed by atoms with Gasteiger partial charge in [0.2, 0.25) is 10.0 Å². The number of para-hydroxylation sites is 1. The van der Waals surface area contributed by atoms with E-state index in [9.17, 15) is 34.8 Å². The fraction of sp³-hybridized carbons (Fsp3) is 0.118. The van der Waals surface area contributed by atoms with Crippen LogP contribution in [0.3, 0.4) is 0 Å². The number of nitrogens with one attached hydrogen (secondary N) is 1. The topological polar surface area (TPSA) is 174 Å². The average Bonchev–Trinajstić information content (AvgIpc) is 3.72. The minimum atomic E-state index is -4.61. The maximum atomic E-state index is 13.1. The van der Waals surface area contributed by atoms with Gasteiger partial charge in [-0.2, -0.15) is 36.5 Å². The minimum absolute atomic E-state index is 0.138. The zero-order chi connectivity index (χ0) is 39.4. The molecule has 0 radical (unpaired) electrons. The summed E-state index contributed by atoms with van der Waals surface area (Å²) in [5, 5.41) is 17.9. The molecule has 6 aromatic rings. The molecule has 4 aromatic carbocycles. The van der Waals surface area contributed by atoms with Crippen LogP contribution in [0.2, 0.25) is 0 Å². The van der Waals surface area contributed by atoms with Crippen molar-refractivity contribution in [2.24, 2.45) is 5.14 Å². The summed E-state index contributed by atoms with van der Waals surface area (Å²) in [6.07, 6.45) is -9.08. The quantitative estimate of drug-likeness (QED) is 0.131. The van der Waals surface area contributed by atoms with Gasteiger partial charge in [0.25, 0.3) is 0 Å². The number of nitrogens with two attached hydrogens (primary N) is 1. The maximum Gasteiger partial charge on any atom is 0.435 e. The number of halogens is 6. The van der Waals surface area contributed by atoms with Gasteiger partial charge in [-0.25, -0.2) is 31.3 Å². The van der Waals surface area contributed by atoms with Gasteiger partial charge in [0.1, 0.15) is 0 Å². The standard InChI is InChI=1S/C17H14F3N3O2S.C17H13F3N2.H2NO3S/c1-11-2-4-12(5-3-11)15-10-16(17(18,19)20)22-23(15)13-6-8-14(9-7-13)26(21,24)25;1-12-7-9-13(10-8-12)15-11-16(17(18,19)20)21-22(15)14-5-3-2-4-6-14;1-5(2,3)4/h2-10H,1H3,(H2,21,24,25);2-11H,1H3;(H2-,1,2,3,4)/q;;-1. The number of benzene rings is 4. The van der Waals surface area contributed by atoms with Crippen LogP contribution < -0.4 is 5.14 Å². The Kier molecular flexibility index (Phi) is 12.0. The van der Waals surface area contributed by atoms with Gasteiger partial charge in [-0.3, -0.25) is 4.55 Å². The van der Waals surface area contributed by atoms with E-state index in [2.05, 4.69) is 10.2 Å². The van der Waals surface area contributed by atoms with E-state index in [-0.39, 0.29) is 16.3 Å². The first-order valence-corrected chi connectivity index (χ1v) is 17.9. The van der Waals surface area contributed by atoms with Crippen molar-refractivity contribution in [3.05, 3.63) is 143 Å². The van der Waals surface area contributed by atoms with Crippen LogP contribution in [0.25, 0.3) is 39.0 Å². The van der Waals surface area contributed by atoms with Crippen LogP contribution in [0.4, 0.5) is 26.3 Å². The first kappa shape index (κ1) is 40.4. The van der Waals surface area contributed by atoms with E-state index in [0.717, 1.165) is 27.9 Å². The van der Waals surface area contributed by atoms with Crippen LogP contribution >= 0.6 is 0 Å². The summed E-state index contributed by atoms with van der Waals surface area (Å²) in [5.74, 6) is 0. The van der Waals surface area contributed by atoms with Gasteiger partial charge < -0.3 is 5.14 Å². The number of aromatic nitrogens is 4. The van der Waals surface area contributed by atoms with E-state index in [1.807, 2.05) is 32.0 Å². The Bertz CT molecular complexity index is 2370. The van der Waals surface area contributed by atoms with Crippen molar-refractivity contribution < 1.29 is 47.7 Å². The van der Waals surface area contributed by atoms with Crippen LogP contribution in [0.5, 0.6) is 0 Å². The van der Waals surface area contributed by atoms with Gasteiger partial charge in [0, 0.05) is 11.1 Å². The summed E-state index contributed by atoms with van der Waals surface area (Å²) in [4.78, 5) is -0.138. The molecule has 19 heteroatoms. The highest BCUT2D eigenvalue weighted by Crippen LogP contribution is 2.35. The predicted octanol–water partition coefficient (Wildman–Crippen LogP) is 8.22. The molecule has 280 valence electrons. The van der Waals surface area contributed by atoms with Crippen LogP contribution in [0.15, 0.2) is 120 Å². The molecule has 0 aliphatic carbocycles. The molecule has 0 aliphatic heterocycles. The first-order valence-electron chi connectivity index (χ1n) is 14.9. The lowest BCUT2D eigenvalue weighted by molar-refractivity contribution is -0.142. The summed E-state index contributed by atoms with van der Waals surface area (Å²) >= 11 is 0. The number of aryl methyl sites for hydroxylation is 2. The van der Waals surface area contributed by atoms with E-state index in [1.54, 1.807) is 60.7 Å². The smallest absolute Gasteiger partial charge is 0.435 e. The SMILES string of the molecule is Cc1ccc(-c2cc(C(F)(F)F)nn2-c2ccc(S(N)(=O)=O)cc2)cc1.Cc1ccc(-c2cc(C(F)(F)F)nn2-c2ccccc2)cc1.[NH-]S(=O)(=O)O. The Labute approximate surface area is 300 Å². The number of rotatable bonds is 5. The third-order valence-corrected chi connectivity index (χ3v) is 8.03. The van der Waals surface area contributed by atoms with Crippen molar-refractivity contribution in [2.45, 2.75) is 31.1 Å². The van der Waals surface area contributed by atoms with Crippen molar-refractivity contribution in [1.82, 2.24) is 19.6 Å². The third-order valence-electron chi connectivity index (χ3n) is 7.10. The zero-order valence-corrected chi connectivity index (χ0v) is 29.1. The molecule has 0 aliphatic rings. The van der Waals surface area contributed by atoms with Crippen molar-refractivity contribution in [2.75, 3.05) is 0 Å². The van der Waals surface area contributed by atoms with Crippen LogP contribution in [0, 0.1) is 13.8 Å². The second kappa shape index (κ2) is 15.7. The highest BCUT2D eigenvalue weighted by atomic mass is 32.2. The van der Waals surface area contributed by atoms with Gasteiger partial charge >= 0.3 is 12.4 Å². The van der Waals surface area contributed by atoms with E-state index in [1.165, 1.54) is 28.9 Å². The van der Waals surface area contributed by atoms with Gasteiger partial charge in [0.15, 0.2) is 21.7 Å². The second-order valence-corrected chi connectivity index (χ2v) is 13.7. The summed E-state index contributed by atoms with van der Waals surface area (Å²) in [7, 11) is -8.31. The molecule has 0 atom stereocenters. The first-order chi connectivity index (χ1) is 24.5. The number of nitrogens with zero attached hydrogens (tertiary/aromatic N) is 4. The lowest BCUT2D eigenvalue weighted by Crippen LogP contribution is -2.12. The van der Waals surface area contributed by atoms with Crippen LogP contribution in [-0.2, 0) is 32.7 Å². The Balaban J connectivity index is 0.000000212. The van der Waals surface area contributed by atoms with Crippen molar-refractivity contribution in [3.8, 4) is 33.9 Å². The van der Waals surface area contributed by atoms with E-state index >= 15 is 0 Å². The lowest BCUT2D eigenvalue weighted by atomic mass is 10.1. The van der Waals surface area contributed by atoms with Crippen LogP contribution in [-0.4, -0.2) is 40.9 Å². The molecule has 0 saturated heterocycles. The molecule has 0 amide bonds. The molecule has 6 rings (SSSR count). The molecule has 0 unspecified atom stereocenters. The Morgan fingerprint density at radius 2 is 0.943 bits per heavy atom. The van der Waals surface area contributed by atoms with E-state index in [0.29, 0.717) is 22.5 Å². The van der Waals surface area contributed by atoms with Gasteiger partial charge in [-0.05, 0) is 62.4 Å².